The number of rotatable bonds is 1. The fourth-order valence-corrected chi connectivity index (χ4v) is 1.71. The maximum absolute atomic E-state index is 13.6. The van der Waals surface area contributed by atoms with E-state index in [0.29, 0.717) is 6.07 Å². The first-order chi connectivity index (χ1) is 8.30. The van der Waals surface area contributed by atoms with Crippen molar-refractivity contribution in [1.29, 1.82) is 0 Å². The summed E-state index contributed by atoms with van der Waals surface area (Å²) in [4.78, 5) is 12.8. The minimum Gasteiger partial charge on any atom is -0.389 e. The number of aliphatic hydroxyl groups is 1. The number of benzene rings is 1. The molecule has 1 heterocycles. The zero-order valence-electron chi connectivity index (χ0n) is 9.04. The minimum absolute atomic E-state index is 0.00845. The molecule has 0 aromatic heterocycles. The quantitative estimate of drug-likeness (QED) is 0.783. The van der Waals surface area contributed by atoms with Crippen LogP contribution in [0.1, 0.15) is 15.9 Å². The van der Waals surface area contributed by atoms with Crippen molar-refractivity contribution in [3.63, 3.8) is 0 Å². The maximum atomic E-state index is 13.6. The van der Waals surface area contributed by atoms with E-state index in [9.17, 15) is 22.4 Å². The zero-order valence-corrected chi connectivity index (χ0v) is 9.04. The van der Waals surface area contributed by atoms with E-state index in [-0.39, 0.29) is 13.1 Å². The molecule has 7 heteroatoms. The summed E-state index contributed by atoms with van der Waals surface area (Å²) < 4.78 is 50.9. The topological polar surface area (TPSA) is 40.5 Å². The number of hydrogen-bond acceptors (Lipinski definition) is 2. The standard InChI is InChI=1S/C11H9F4NO2/c12-9-7(10(18)16-4-6(17)5-16)2-1-3-8(9)11(13,14)15/h1-3,6,17H,4-5H2. The van der Waals surface area contributed by atoms with E-state index in [0.717, 1.165) is 17.0 Å². The fraction of sp³-hybridized carbons (Fsp3) is 0.364. The summed E-state index contributed by atoms with van der Waals surface area (Å²) in [7, 11) is 0. The Bertz CT molecular complexity index is 480. The van der Waals surface area contributed by atoms with Crippen LogP contribution in [-0.2, 0) is 6.18 Å². The van der Waals surface area contributed by atoms with Crippen LogP contribution in [-0.4, -0.2) is 35.1 Å². The molecule has 1 aromatic carbocycles. The van der Waals surface area contributed by atoms with Crippen LogP contribution in [0.2, 0.25) is 0 Å². The molecule has 1 aliphatic heterocycles. The summed E-state index contributed by atoms with van der Waals surface area (Å²) in [6.45, 7) is 0.0169. The number of carbonyl (C=O) groups is 1. The molecule has 3 nitrogen and oxygen atoms in total. The van der Waals surface area contributed by atoms with Crippen molar-refractivity contribution in [3.8, 4) is 0 Å². The fourth-order valence-electron chi connectivity index (χ4n) is 1.71. The molecule has 0 radical (unpaired) electrons. The molecule has 1 aromatic rings. The summed E-state index contributed by atoms with van der Waals surface area (Å²) in [6, 6.07) is 2.56. The highest BCUT2D eigenvalue weighted by Crippen LogP contribution is 2.32. The molecule has 1 amide bonds. The Morgan fingerprint density at radius 3 is 2.44 bits per heavy atom. The van der Waals surface area contributed by atoms with Crippen LogP contribution in [0.5, 0.6) is 0 Å². The molecule has 0 unspecified atom stereocenters. The van der Waals surface area contributed by atoms with Gasteiger partial charge in [0.1, 0.15) is 5.82 Å². The van der Waals surface area contributed by atoms with Gasteiger partial charge < -0.3 is 10.0 Å². The van der Waals surface area contributed by atoms with E-state index in [2.05, 4.69) is 0 Å². The molecule has 0 saturated carbocycles. The molecule has 1 fully saturated rings. The first kappa shape index (κ1) is 12.8. The number of amides is 1. The van der Waals surface area contributed by atoms with Gasteiger partial charge in [-0.05, 0) is 12.1 Å². The Balaban J connectivity index is 2.32. The number of alkyl halides is 3. The number of carbonyl (C=O) groups excluding carboxylic acids is 1. The predicted octanol–water partition coefficient (Wildman–Crippen LogP) is 1.66. The van der Waals surface area contributed by atoms with Gasteiger partial charge in [-0.2, -0.15) is 13.2 Å². The van der Waals surface area contributed by atoms with E-state index in [1.54, 1.807) is 0 Å². The molecule has 0 spiro atoms. The van der Waals surface area contributed by atoms with Crippen molar-refractivity contribution < 1.29 is 27.5 Å². The third-order valence-corrected chi connectivity index (χ3v) is 2.68. The van der Waals surface area contributed by atoms with Crippen LogP contribution >= 0.6 is 0 Å². The van der Waals surface area contributed by atoms with E-state index in [1.807, 2.05) is 0 Å². The zero-order chi connectivity index (χ0) is 13.5. The molecular formula is C11H9F4NO2. The van der Waals surface area contributed by atoms with Crippen LogP contribution in [0.4, 0.5) is 17.6 Å². The lowest BCUT2D eigenvalue weighted by molar-refractivity contribution is -0.140. The molecule has 0 aliphatic carbocycles. The smallest absolute Gasteiger partial charge is 0.389 e. The third kappa shape index (κ3) is 2.17. The van der Waals surface area contributed by atoms with Crippen molar-refractivity contribution in [3.05, 3.63) is 35.1 Å². The van der Waals surface area contributed by atoms with Crippen molar-refractivity contribution in [2.75, 3.05) is 13.1 Å². The van der Waals surface area contributed by atoms with Crippen LogP contribution < -0.4 is 0 Å². The molecule has 0 bridgehead atoms. The summed E-state index contributed by atoms with van der Waals surface area (Å²) >= 11 is 0. The Labute approximate surface area is 99.6 Å². The molecule has 0 atom stereocenters. The lowest BCUT2D eigenvalue weighted by atomic mass is 10.1. The molecule has 2 rings (SSSR count). The predicted molar refractivity (Wildman–Crippen MR) is 53.3 cm³/mol. The number of β-amino-alcohol motifs (C(OH)–C–C–N with tert-alkyl or cyclic N) is 1. The second-order valence-electron chi connectivity index (χ2n) is 4.03. The molecular weight excluding hydrogens is 254 g/mol. The van der Waals surface area contributed by atoms with Gasteiger partial charge in [-0.1, -0.05) is 6.07 Å². The average Bonchev–Trinajstić information content (AvgIpc) is 2.22. The third-order valence-electron chi connectivity index (χ3n) is 2.68. The normalized spacial score (nSPS) is 16.6. The first-order valence-corrected chi connectivity index (χ1v) is 5.13. The summed E-state index contributed by atoms with van der Waals surface area (Å²) in [6.07, 6.45) is -5.53. The molecule has 18 heavy (non-hydrogen) atoms. The Kier molecular flexibility index (Phi) is 3.02. The maximum Gasteiger partial charge on any atom is 0.419 e. The van der Waals surface area contributed by atoms with E-state index in [4.69, 9.17) is 5.11 Å². The van der Waals surface area contributed by atoms with E-state index in [1.165, 1.54) is 0 Å². The van der Waals surface area contributed by atoms with Gasteiger partial charge in [-0.15, -0.1) is 0 Å². The van der Waals surface area contributed by atoms with Gasteiger partial charge in [-0.3, -0.25) is 4.79 Å². The van der Waals surface area contributed by atoms with E-state index >= 15 is 0 Å². The van der Waals surface area contributed by atoms with Gasteiger partial charge in [0.15, 0.2) is 0 Å². The monoisotopic (exact) mass is 263 g/mol. The van der Waals surface area contributed by atoms with Gasteiger partial charge in [0.2, 0.25) is 0 Å². The molecule has 1 N–H and O–H groups in total. The molecule has 1 saturated heterocycles. The van der Waals surface area contributed by atoms with E-state index < -0.39 is 35.1 Å². The minimum atomic E-state index is -4.84. The highest BCUT2D eigenvalue weighted by Gasteiger charge is 2.37. The Hall–Kier alpha value is -1.63. The summed E-state index contributed by atoms with van der Waals surface area (Å²) in [5.74, 6) is -2.42. The van der Waals surface area contributed by atoms with Gasteiger partial charge in [0, 0.05) is 13.1 Å². The number of halogens is 4. The second-order valence-corrected chi connectivity index (χ2v) is 4.03. The molecule has 98 valence electrons. The average molecular weight is 263 g/mol. The van der Waals surface area contributed by atoms with Gasteiger partial charge >= 0.3 is 6.18 Å². The van der Waals surface area contributed by atoms with Gasteiger partial charge in [-0.25, -0.2) is 4.39 Å². The highest BCUT2D eigenvalue weighted by atomic mass is 19.4. The Morgan fingerprint density at radius 1 is 1.33 bits per heavy atom. The van der Waals surface area contributed by atoms with Crippen molar-refractivity contribution in [2.45, 2.75) is 12.3 Å². The highest BCUT2D eigenvalue weighted by molar-refractivity contribution is 5.95. The van der Waals surface area contributed by atoms with Crippen LogP contribution in [0.25, 0.3) is 0 Å². The van der Waals surface area contributed by atoms with Crippen molar-refractivity contribution in [1.82, 2.24) is 4.90 Å². The molecule has 1 aliphatic rings. The lowest BCUT2D eigenvalue weighted by Gasteiger charge is -2.36. The number of nitrogens with zero attached hydrogens (tertiary/aromatic N) is 1. The first-order valence-electron chi connectivity index (χ1n) is 5.13. The Morgan fingerprint density at radius 2 is 1.94 bits per heavy atom. The largest absolute Gasteiger partial charge is 0.419 e. The number of hydrogen-bond donors (Lipinski definition) is 1. The van der Waals surface area contributed by atoms with Crippen LogP contribution in [0.3, 0.4) is 0 Å². The number of likely N-dealkylation sites (tertiary alicyclic amines) is 1. The summed E-state index contributed by atoms with van der Waals surface area (Å²) in [5.41, 5.74) is -2.09. The number of aliphatic hydroxyl groups excluding tert-OH is 1. The van der Waals surface area contributed by atoms with Gasteiger partial charge in [0.05, 0.1) is 17.2 Å². The lowest BCUT2D eigenvalue weighted by Crippen LogP contribution is -2.53. The van der Waals surface area contributed by atoms with Gasteiger partial charge in [0.25, 0.3) is 5.91 Å². The SMILES string of the molecule is O=C(c1cccc(C(F)(F)F)c1F)N1CC(O)C1. The second kappa shape index (κ2) is 4.24. The van der Waals surface area contributed by atoms with Crippen molar-refractivity contribution in [2.24, 2.45) is 0 Å². The van der Waals surface area contributed by atoms with Crippen LogP contribution in [0, 0.1) is 5.82 Å². The summed E-state index contributed by atoms with van der Waals surface area (Å²) in [5, 5.41) is 9.00. The van der Waals surface area contributed by atoms with Crippen LogP contribution in [0.15, 0.2) is 18.2 Å². The van der Waals surface area contributed by atoms with Crippen molar-refractivity contribution >= 4 is 5.91 Å².